The van der Waals surface area contributed by atoms with Crippen LogP contribution < -0.4 is 5.73 Å². The van der Waals surface area contributed by atoms with Crippen LogP contribution in [0.25, 0.3) is 0 Å². The standard InChI is InChI=1S/C4H9NO2S.C2HF3O2/c1-8(6,7)4-2-3-5;3-2(4,5)1(6)7/h2,4H,3,5H2,1H3;(H,6,7)/b4-2-;. The lowest BCUT2D eigenvalue weighted by atomic mass is 10.7. The van der Waals surface area contributed by atoms with Crippen LogP contribution in [0.4, 0.5) is 13.2 Å². The van der Waals surface area contributed by atoms with Gasteiger partial charge < -0.3 is 10.8 Å². The number of aliphatic carboxylic acids is 1. The van der Waals surface area contributed by atoms with Gasteiger partial charge in [0.1, 0.15) is 0 Å². The second-order valence-corrected chi connectivity index (χ2v) is 4.17. The van der Waals surface area contributed by atoms with Crippen LogP contribution in [0.1, 0.15) is 0 Å². The van der Waals surface area contributed by atoms with Crippen molar-refractivity contribution in [2.75, 3.05) is 12.8 Å². The average Bonchev–Trinajstić information content (AvgIpc) is 1.98. The van der Waals surface area contributed by atoms with E-state index >= 15 is 0 Å². The van der Waals surface area contributed by atoms with Crippen molar-refractivity contribution in [1.82, 2.24) is 0 Å². The van der Waals surface area contributed by atoms with Crippen LogP contribution in [-0.4, -0.2) is 38.5 Å². The van der Waals surface area contributed by atoms with Crippen LogP contribution >= 0.6 is 0 Å². The van der Waals surface area contributed by atoms with Gasteiger partial charge in [0.25, 0.3) is 0 Å². The summed E-state index contributed by atoms with van der Waals surface area (Å²) in [7, 11) is -2.95. The Bertz CT molecular complexity index is 320. The van der Waals surface area contributed by atoms with E-state index in [4.69, 9.17) is 15.6 Å². The zero-order valence-electron chi connectivity index (χ0n) is 7.65. The monoisotopic (exact) mass is 249 g/mol. The van der Waals surface area contributed by atoms with Gasteiger partial charge in [0, 0.05) is 18.2 Å². The second kappa shape index (κ2) is 6.40. The Hall–Kier alpha value is -1.09. The molecule has 0 aliphatic rings. The molecule has 0 spiro atoms. The van der Waals surface area contributed by atoms with Crippen molar-refractivity contribution in [3.63, 3.8) is 0 Å². The maximum atomic E-state index is 10.6. The highest BCUT2D eigenvalue weighted by molar-refractivity contribution is 7.93. The lowest BCUT2D eigenvalue weighted by molar-refractivity contribution is -0.192. The van der Waals surface area contributed by atoms with E-state index in [0.717, 1.165) is 11.7 Å². The molecule has 0 rings (SSSR count). The number of carbonyl (C=O) groups is 1. The highest BCUT2D eigenvalue weighted by atomic mass is 32.2. The predicted octanol–water partition coefficient (Wildman–Crippen LogP) is 0.137. The topological polar surface area (TPSA) is 97.5 Å². The highest BCUT2D eigenvalue weighted by Gasteiger charge is 2.38. The van der Waals surface area contributed by atoms with Gasteiger partial charge >= 0.3 is 12.1 Å². The first kappa shape index (κ1) is 16.3. The number of hydrogen-bond acceptors (Lipinski definition) is 4. The number of rotatable bonds is 2. The Morgan fingerprint density at radius 3 is 1.87 bits per heavy atom. The van der Waals surface area contributed by atoms with Crippen molar-refractivity contribution in [2.45, 2.75) is 6.18 Å². The lowest BCUT2D eigenvalue weighted by Crippen LogP contribution is -2.21. The first-order valence-electron chi connectivity index (χ1n) is 3.37. The molecular formula is C6H10F3NO4S. The number of alkyl halides is 3. The summed E-state index contributed by atoms with van der Waals surface area (Å²) in [4.78, 5) is 8.90. The molecule has 0 aliphatic carbocycles. The molecule has 0 aromatic rings. The molecule has 5 nitrogen and oxygen atoms in total. The van der Waals surface area contributed by atoms with Gasteiger partial charge in [-0.05, 0) is 0 Å². The molecule has 0 aliphatic heterocycles. The number of carboxylic acids is 1. The molecule has 0 bridgehead atoms. The minimum Gasteiger partial charge on any atom is -0.475 e. The van der Waals surface area contributed by atoms with Crippen LogP contribution in [-0.2, 0) is 14.6 Å². The number of carboxylic acid groups (broad SMARTS) is 1. The van der Waals surface area contributed by atoms with Gasteiger partial charge in [-0.3, -0.25) is 0 Å². The smallest absolute Gasteiger partial charge is 0.475 e. The van der Waals surface area contributed by atoms with Crippen LogP contribution in [0.2, 0.25) is 0 Å². The van der Waals surface area contributed by atoms with Crippen molar-refractivity contribution in [1.29, 1.82) is 0 Å². The molecule has 0 radical (unpaired) electrons. The van der Waals surface area contributed by atoms with E-state index in [9.17, 15) is 21.6 Å². The lowest BCUT2D eigenvalue weighted by Gasteiger charge is -1.93. The number of hydrogen-bond donors (Lipinski definition) is 2. The largest absolute Gasteiger partial charge is 0.490 e. The Balaban J connectivity index is 0. The summed E-state index contributed by atoms with van der Waals surface area (Å²) < 4.78 is 52.2. The Morgan fingerprint density at radius 2 is 1.80 bits per heavy atom. The Kier molecular flexibility index (Phi) is 6.98. The minimum absolute atomic E-state index is 0.271. The second-order valence-electron chi connectivity index (χ2n) is 2.24. The Morgan fingerprint density at radius 1 is 1.47 bits per heavy atom. The van der Waals surface area contributed by atoms with Crippen LogP contribution in [0.3, 0.4) is 0 Å². The Labute approximate surface area is 84.3 Å². The van der Waals surface area contributed by atoms with E-state index in [1.54, 1.807) is 0 Å². The van der Waals surface area contributed by atoms with E-state index in [-0.39, 0.29) is 6.54 Å². The molecule has 0 aromatic heterocycles. The maximum absolute atomic E-state index is 10.6. The highest BCUT2D eigenvalue weighted by Crippen LogP contribution is 2.13. The fourth-order valence-corrected chi connectivity index (χ4v) is 0.691. The molecule has 9 heteroatoms. The molecule has 15 heavy (non-hydrogen) atoms. The summed E-state index contributed by atoms with van der Waals surface area (Å²) in [5, 5.41) is 8.22. The maximum Gasteiger partial charge on any atom is 0.490 e. The quantitative estimate of drug-likeness (QED) is 0.725. The van der Waals surface area contributed by atoms with Gasteiger partial charge in [-0.1, -0.05) is 6.08 Å². The van der Waals surface area contributed by atoms with Crippen molar-refractivity contribution in [3.8, 4) is 0 Å². The van der Waals surface area contributed by atoms with E-state index < -0.39 is 22.0 Å². The van der Waals surface area contributed by atoms with Gasteiger partial charge in [0.15, 0.2) is 9.84 Å². The van der Waals surface area contributed by atoms with E-state index in [1.807, 2.05) is 0 Å². The van der Waals surface area contributed by atoms with Crippen molar-refractivity contribution in [2.24, 2.45) is 5.73 Å². The van der Waals surface area contributed by atoms with E-state index in [1.165, 1.54) is 6.08 Å². The summed E-state index contributed by atoms with van der Waals surface area (Å²) in [6.07, 6.45) is -2.56. The number of sulfone groups is 1. The number of nitrogens with two attached hydrogens (primary N) is 1. The molecule has 0 saturated heterocycles. The SMILES string of the molecule is CS(=O)(=O)/C=C\CN.O=C(O)C(F)(F)F. The summed E-state index contributed by atoms with van der Waals surface area (Å²) >= 11 is 0. The molecule has 0 aromatic carbocycles. The van der Waals surface area contributed by atoms with Gasteiger partial charge in [0.2, 0.25) is 0 Å². The molecule has 0 unspecified atom stereocenters. The summed E-state index contributed by atoms with van der Waals surface area (Å²) in [5.41, 5.74) is 4.98. The summed E-state index contributed by atoms with van der Waals surface area (Å²) in [6, 6.07) is 0. The van der Waals surface area contributed by atoms with Gasteiger partial charge in [-0.15, -0.1) is 0 Å². The molecule has 0 atom stereocenters. The third kappa shape index (κ3) is 15.6. The average molecular weight is 249 g/mol. The van der Waals surface area contributed by atoms with Gasteiger partial charge in [0.05, 0.1) is 0 Å². The normalized spacial score (nSPS) is 12.1. The fourth-order valence-electron chi connectivity index (χ4n) is 0.230. The molecular weight excluding hydrogens is 239 g/mol. The third-order valence-corrected chi connectivity index (χ3v) is 1.41. The molecule has 0 saturated carbocycles. The summed E-state index contributed by atoms with van der Waals surface area (Å²) in [6.45, 7) is 0.271. The first-order valence-corrected chi connectivity index (χ1v) is 5.33. The third-order valence-electron chi connectivity index (χ3n) is 0.722. The van der Waals surface area contributed by atoms with Crippen LogP contribution in [0, 0.1) is 0 Å². The molecule has 3 N–H and O–H groups in total. The zero-order chi connectivity index (χ0) is 12.7. The number of halogens is 3. The summed E-state index contributed by atoms with van der Waals surface area (Å²) in [5.74, 6) is -2.76. The predicted molar refractivity (Wildman–Crippen MR) is 46.7 cm³/mol. The molecule has 0 fully saturated rings. The zero-order valence-corrected chi connectivity index (χ0v) is 8.47. The van der Waals surface area contributed by atoms with Crippen LogP contribution in [0.5, 0.6) is 0 Å². The van der Waals surface area contributed by atoms with E-state index in [2.05, 4.69) is 0 Å². The first-order chi connectivity index (χ1) is 6.50. The van der Waals surface area contributed by atoms with Crippen LogP contribution in [0.15, 0.2) is 11.5 Å². The van der Waals surface area contributed by atoms with Crippen molar-refractivity contribution in [3.05, 3.63) is 11.5 Å². The molecule has 0 amide bonds. The minimum atomic E-state index is -5.08. The molecule has 90 valence electrons. The van der Waals surface area contributed by atoms with Crippen molar-refractivity contribution < 1.29 is 31.5 Å². The molecule has 0 heterocycles. The van der Waals surface area contributed by atoms with Gasteiger partial charge in [-0.2, -0.15) is 13.2 Å². The fraction of sp³-hybridized carbons (Fsp3) is 0.500. The van der Waals surface area contributed by atoms with Crippen molar-refractivity contribution >= 4 is 15.8 Å². The van der Waals surface area contributed by atoms with E-state index in [0.29, 0.717) is 0 Å². The van der Waals surface area contributed by atoms with Gasteiger partial charge in [-0.25, -0.2) is 13.2 Å².